The predicted molar refractivity (Wildman–Crippen MR) is 41.5 cm³/mol. The number of hydrogen-bond acceptors (Lipinski definition) is 4. The normalized spacial score (nSPS) is 12.0. The van der Waals surface area contributed by atoms with Gasteiger partial charge >= 0.3 is 5.97 Å². The Kier molecular flexibility index (Phi) is 3.23. The molecule has 0 saturated heterocycles. The highest BCUT2D eigenvalue weighted by molar-refractivity contribution is 6.42. The Morgan fingerprint density at radius 1 is 1.58 bits per heavy atom. The smallest absolute Gasteiger partial charge is 0.369 e. The molecule has 0 aromatic rings. The SMILES string of the molecule is CC(C)(C)ON=C(C#N)C(=O)O. The highest BCUT2D eigenvalue weighted by Crippen LogP contribution is 2.06. The second-order valence-electron chi connectivity index (χ2n) is 3.06. The van der Waals surface area contributed by atoms with Crippen LogP contribution in [0.3, 0.4) is 0 Å². The second-order valence-corrected chi connectivity index (χ2v) is 3.06. The van der Waals surface area contributed by atoms with Crippen molar-refractivity contribution in [2.45, 2.75) is 26.4 Å². The maximum atomic E-state index is 10.2. The van der Waals surface area contributed by atoms with Gasteiger partial charge in [-0.25, -0.2) is 4.79 Å². The third kappa shape index (κ3) is 4.28. The summed E-state index contributed by atoms with van der Waals surface area (Å²) in [6, 6.07) is 1.40. The predicted octanol–water partition coefficient (Wildman–Crippen LogP) is 0.766. The van der Waals surface area contributed by atoms with Crippen LogP contribution in [0.5, 0.6) is 0 Å². The molecule has 0 aromatic carbocycles. The summed E-state index contributed by atoms with van der Waals surface area (Å²) in [4.78, 5) is 14.9. The molecule has 1 N–H and O–H groups in total. The standard InChI is InChI=1S/C7H10N2O3/c1-7(2,3)12-9-5(4-8)6(10)11/h1-3H3,(H,10,11). The topological polar surface area (TPSA) is 82.7 Å². The molecule has 0 bridgehead atoms. The Balaban J connectivity index is 4.36. The van der Waals surface area contributed by atoms with Crippen molar-refractivity contribution >= 4 is 11.7 Å². The first-order chi connectivity index (χ1) is 5.37. The van der Waals surface area contributed by atoms with E-state index in [9.17, 15) is 4.79 Å². The molecule has 5 nitrogen and oxygen atoms in total. The zero-order valence-electron chi connectivity index (χ0n) is 7.16. The molecule has 0 atom stereocenters. The van der Waals surface area contributed by atoms with Gasteiger partial charge in [0.1, 0.15) is 11.7 Å². The first-order valence-electron chi connectivity index (χ1n) is 3.26. The van der Waals surface area contributed by atoms with Crippen molar-refractivity contribution in [1.82, 2.24) is 0 Å². The molecule has 66 valence electrons. The van der Waals surface area contributed by atoms with Crippen molar-refractivity contribution in [2.75, 3.05) is 0 Å². The fourth-order valence-electron chi connectivity index (χ4n) is 0.290. The lowest BCUT2D eigenvalue weighted by molar-refractivity contribution is -0.129. The Morgan fingerprint density at radius 2 is 2.08 bits per heavy atom. The van der Waals surface area contributed by atoms with Crippen LogP contribution in [0.2, 0.25) is 0 Å². The summed E-state index contributed by atoms with van der Waals surface area (Å²) in [5.41, 5.74) is -1.23. The molecule has 0 heterocycles. The number of nitrogens with zero attached hydrogens (tertiary/aromatic N) is 2. The van der Waals surface area contributed by atoms with Gasteiger partial charge in [0.15, 0.2) is 0 Å². The molecule has 0 aliphatic rings. The minimum Gasteiger partial charge on any atom is -0.476 e. The van der Waals surface area contributed by atoms with Gasteiger partial charge in [-0.2, -0.15) is 5.26 Å². The van der Waals surface area contributed by atoms with Crippen LogP contribution >= 0.6 is 0 Å². The van der Waals surface area contributed by atoms with Crippen molar-refractivity contribution in [3.63, 3.8) is 0 Å². The molecule has 0 radical (unpaired) electrons. The number of carbonyl (C=O) groups is 1. The molecule has 0 aliphatic carbocycles. The van der Waals surface area contributed by atoms with E-state index in [0.717, 1.165) is 0 Å². The fraction of sp³-hybridized carbons (Fsp3) is 0.571. The molecule has 5 heteroatoms. The van der Waals surface area contributed by atoms with Crippen LogP contribution in [0.25, 0.3) is 0 Å². The van der Waals surface area contributed by atoms with Gasteiger partial charge in [-0.15, -0.1) is 0 Å². The van der Waals surface area contributed by atoms with E-state index < -0.39 is 17.3 Å². The zero-order chi connectivity index (χ0) is 9.78. The molecule has 0 rings (SSSR count). The number of hydrogen-bond donors (Lipinski definition) is 1. The van der Waals surface area contributed by atoms with Crippen molar-refractivity contribution in [1.29, 1.82) is 5.26 Å². The summed E-state index contributed by atoms with van der Waals surface area (Å²) >= 11 is 0. The average molecular weight is 170 g/mol. The van der Waals surface area contributed by atoms with Crippen LogP contribution in [0.1, 0.15) is 20.8 Å². The quantitative estimate of drug-likeness (QED) is 0.490. The third-order valence-electron chi connectivity index (χ3n) is 0.719. The Hall–Kier alpha value is -1.57. The lowest BCUT2D eigenvalue weighted by Crippen LogP contribution is -2.19. The van der Waals surface area contributed by atoms with Gasteiger partial charge in [0.05, 0.1) is 0 Å². The van der Waals surface area contributed by atoms with Crippen molar-refractivity contribution in [3.05, 3.63) is 0 Å². The third-order valence-corrected chi connectivity index (χ3v) is 0.719. The van der Waals surface area contributed by atoms with Crippen LogP contribution in [0.4, 0.5) is 0 Å². The van der Waals surface area contributed by atoms with Crippen LogP contribution in [0, 0.1) is 11.3 Å². The van der Waals surface area contributed by atoms with Crippen LogP contribution < -0.4 is 0 Å². The summed E-state index contributed by atoms with van der Waals surface area (Å²) in [7, 11) is 0. The largest absolute Gasteiger partial charge is 0.476 e. The maximum absolute atomic E-state index is 10.2. The lowest BCUT2D eigenvalue weighted by Gasteiger charge is -2.14. The van der Waals surface area contributed by atoms with Gasteiger partial charge in [-0.05, 0) is 20.8 Å². The molecular formula is C7H10N2O3. The van der Waals surface area contributed by atoms with E-state index in [-0.39, 0.29) is 0 Å². The van der Waals surface area contributed by atoms with Gasteiger partial charge in [-0.3, -0.25) is 0 Å². The minimum absolute atomic E-state index is 0.586. The molecule has 0 amide bonds. The van der Waals surface area contributed by atoms with Crippen molar-refractivity contribution in [2.24, 2.45) is 5.16 Å². The average Bonchev–Trinajstić information content (AvgIpc) is 1.85. The van der Waals surface area contributed by atoms with Crippen molar-refractivity contribution < 1.29 is 14.7 Å². The summed E-state index contributed by atoms with van der Waals surface area (Å²) in [6.07, 6.45) is 0. The highest BCUT2D eigenvalue weighted by Gasteiger charge is 2.14. The molecule has 0 unspecified atom stereocenters. The Bertz CT molecular complexity index is 244. The second kappa shape index (κ2) is 3.72. The van der Waals surface area contributed by atoms with Crippen LogP contribution in [-0.2, 0) is 9.63 Å². The van der Waals surface area contributed by atoms with E-state index in [0.29, 0.717) is 0 Å². The fourth-order valence-corrected chi connectivity index (χ4v) is 0.290. The minimum atomic E-state index is -1.39. The first-order valence-corrected chi connectivity index (χ1v) is 3.26. The number of aliphatic carboxylic acids is 1. The maximum Gasteiger partial charge on any atom is 0.369 e. The molecule has 0 aliphatic heterocycles. The summed E-state index contributed by atoms with van der Waals surface area (Å²) in [6.45, 7) is 5.11. The van der Waals surface area contributed by atoms with Crippen molar-refractivity contribution in [3.8, 4) is 6.07 Å². The van der Waals surface area contributed by atoms with Gasteiger partial charge in [0.25, 0.3) is 5.71 Å². The number of rotatable bonds is 2. The zero-order valence-corrected chi connectivity index (χ0v) is 7.16. The molecular weight excluding hydrogens is 160 g/mol. The Morgan fingerprint density at radius 3 is 2.33 bits per heavy atom. The monoisotopic (exact) mass is 170 g/mol. The van der Waals surface area contributed by atoms with Gasteiger partial charge < -0.3 is 9.94 Å². The van der Waals surface area contributed by atoms with Gasteiger partial charge in [0.2, 0.25) is 0 Å². The summed E-state index contributed by atoms with van der Waals surface area (Å²) in [5, 5.41) is 19.8. The van der Waals surface area contributed by atoms with E-state index in [4.69, 9.17) is 15.2 Å². The Labute approximate surface area is 70.2 Å². The highest BCUT2D eigenvalue weighted by atomic mass is 16.6. The molecule has 0 spiro atoms. The van der Waals surface area contributed by atoms with Gasteiger partial charge in [-0.1, -0.05) is 5.16 Å². The van der Waals surface area contributed by atoms with E-state index >= 15 is 0 Å². The van der Waals surface area contributed by atoms with E-state index in [1.807, 2.05) is 0 Å². The lowest BCUT2D eigenvalue weighted by atomic mass is 10.2. The molecule has 0 fully saturated rings. The van der Waals surface area contributed by atoms with E-state index in [2.05, 4.69) is 5.16 Å². The molecule has 12 heavy (non-hydrogen) atoms. The number of nitriles is 1. The molecule has 0 aromatic heterocycles. The first kappa shape index (κ1) is 10.4. The summed E-state index contributed by atoms with van der Waals surface area (Å²) < 4.78 is 0. The van der Waals surface area contributed by atoms with Crippen LogP contribution in [-0.4, -0.2) is 22.4 Å². The number of carboxylic acid groups (broad SMARTS) is 1. The van der Waals surface area contributed by atoms with Gasteiger partial charge in [0, 0.05) is 0 Å². The van der Waals surface area contributed by atoms with Crippen LogP contribution in [0.15, 0.2) is 5.16 Å². The number of oxime groups is 1. The number of carboxylic acids is 1. The summed E-state index contributed by atoms with van der Waals surface area (Å²) in [5.74, 6) is -1.39. The van der Waals surface area contributed by atoms with E-state index in [1.165, 1.54) is 6.07 Å². The molecule has 0 saturated carbocycles. The van der Waals surface area contributed by atoms with E-state index in [1.54, 1.807) is 20.8 Å².